The Kier molecular flexibility index (Phi) is 4.95. The highest BCUT2D eigenvalue weighted by Gasteiger charge is 2.22. The van der Waals surface area contributed by atoms with Gasteiger partial charge in [-0.2, -0.15) is 0 Å². The molecule has 8 heteroatoms. The SMILES string of the molecule is NC(=O)N1CCC(NC(=O)Nc2ncc(-c3ccccc3)s2)CC1. The van der Waals surface area contributed by atoms with Crippen molar-refractivity contribution in [3.8, 4) is 10.4 Å². The predicted octanol–water partition coefficient (Wildman–Crippen LogP) is 2.47. The van der Waals surface area contributed by atoms with Crippen LogP contribution < -0.4 is 16.4 Å². The standard InChI is InChI=1S/C16H19N5O2S/c17-14(22)21-8-6-12(7-9-21)19-15(23)20-16-18-10-13(24-16)11-4-2-1-3-5-11/h1-5,10,12H,6-9H2,(H2,17,22)(H2,18,19,20,23). The van der Waals surface area contributed by atoms with E-state index in [1.165, 1.54) is 11.3 Å². The van der Waals surface area contributed by atoms with E-state index in [0.29, 0.717) is 31.1 Å². The largest absolute Gasteiger partial charge is 0.351 e. The van der Waals surface area contributed by atoms with Crippen LogP contribution in [0.1, 0.15) is 12.8 Å². The molecule has 1 fully saturated rings. The van der Waals surface area contributed by atoms with Gasteiger partial charge in [-0.25, -0.2) is 14.6 Å². The van der Waals surface area contributed by atoms with Gasteiger partial charge in [0, 0.05) is 25.3 Å². The quantitative estimate of drug-likeness (QED) is 0.796. The summed E-state index contributed by atoms with van der Waals surface area (Å²) in [6.07, 6.45) is 3.15. The molecule has 2 aromatic rings. The third kappa shape index (κ3) is 4.02. The Hall–Kier alpha value is -2.61. The van der Waals surface area contributed by atoms with Crippen LogP contribution in [-0.2, 0) is 0 Å². The molecule has 0 spiro atoms. The number of urea groups is 2. The Labute approximate surface area is 143 Å². The number of anilines is 1. The van der Waals surface area contributed by atoms with Gasteiger partial charge in [0.1, 0.15) is 0 Å². The molecule has 24 heavy (non-hydrogen) atoms. The molecular weight excluding hydrogens is 326 g/mol. The van der Waals surface area contributed by atoms with Crippen LogP contribution in [-0.4, -0.2) is 41.1 Å². The molecule has 0 unspecified atom stereocenters. The first-order chi connectivity index (χ1) is 11.6. The van der Waals surface area contributed by atoms with Crippen molar-refractivity contribution in [3.63, 3.8) is 0 Å². The van der Waals surface area contributed by atoms with E-state index in [4.69, 9.17) is 5.73 Å². The number of benzene rings is 1. The minimum Gasteiger partial charge on any atom is -0.351 e. The van der Waals surface area contributed by atoms with Gasteiger partial charge >= 0.3 is 12.1 Å². The Morgan fingerprint density at radius 2 is 1.92 bits per heavy atom. The summed E-state index contributed by atoms with van der Waals surface area (Å²) in [5.74, 6) is 0. The van der Waals surface area contributed by atoms with Crippen LogP contribution in [0.25, 0.3) is 10.4 Å². The normalized spacial score (nSPS) is 15.1. The first-order valence-corrected chi connectivity index (χ1v) is 8.56. The number of hydrogen-bond donors (Lipinski definition) is 3. The van der Waals surface area contributed by atoms with Crippen LogP contribution in [0.15, 0.2) is 36.5 Å². The zero-order valence-corrected chi connectivity index (χ0v) is 13.9. The summed E-state index contributed by atoms with van der Waals surface area (Å²) >= 11 is 1.43. The Bertz CT molecular complexity index is 710. The van der Waals surface area contributed by atoms with Crippen molar-refractivity contribution in [2.45, 2.75) is 18.9 Å². The van der Waals surface area contributed by atoms with Crippen LogP contribution in [0.2, 0.25) is 0 Å². The first kappa shape index (κ1) is 16.3. The van der Waals surface area contributed by atoms with Crippen LogP contribution in [0.5, 0.6) is 0 Å². The highest BCUT2D eigenvalue weighted by molar-refractivity contribution is 7.19. The molecule has 1 aliphatic heterocycles. The number of aromatic nitrogens is 1. The van der Waals surface area contributed by atoms with E-state index in [-0.39, 0.29) is 12.1 Å². The maximum atomic E-state index is 12.1. The smallest absolute Gasteiger partial charge is 0.321 e. The van der Waals surface area contributed by atoms with Crippen molar-refractivity contribution in [3.05, 3.63) is 36.5 Å². The molecule has 1 saturated heterocycles. The van der Waals surface area contributed by atoms with Crippen LogP contribution in [0, 0.1) is 0 Å². The van der Waals surface area contributed by atoms with Gasteiger partial charge < -0.3 is 16.0 Å². The predicted molar refractivity (Wildman–Crippen MR) is 93.9 cm³/mol. The zero-order valence-electron chi connectivity index (χ0n) is 13.1. The summed E-state index contributed by atoms with van der Waals surface area (Å²) in [4.78, 5) is 30.0. The number of nitrogens with zero attached hydrogens (tertiary/aromatic N) is 2. The van der Waals surface area contributed by atoms with Gasteiger partial charge in [-0.05, 0) is 18.4 Å². The van der Waals surface area contributed by atoms with E-state index < -0.39 is 6.03 Å². The van der Waals surface area contributed by atoms with Crippen molar-refractivity contribution >= 4 is 28.5 Å². The number of nitrogens with one attached hydrogen (secondary N) is 2. The molecule has 4 amide bonds. The van der Waals surface area contributed by atoms with E-state index in [9.17, 15) is 9.59 Å². The summed E-state index contributed by atoms with van der Waals surface area (Å²) in [5, 5.41) is 6.24. The molecule has 0 aliphatic carbocycles. The lowest BCUT2D eigenvalue weighted by Crippen LogP contribution is -2.48. The van der Waals surface area contributed by atoms with E-state index in [0.717, 1.165) is 10.4 Å². The lowest BCUT2D eigenvalue weighted by molar-refractivity contribution is 0.185. The van der Waals surface area contributed by atoms with Gasteiger partial charge in [-0.15, -0.1) is 0 Å². The van der Waals surface area contributed by atoms with Gasteiger partial charge in [-0.3, -0.25) is 5.32 Å². The van der Waals surface area contributed by atoms with Gasteiger partial charge in [0.05, 0.1) is 4.88 Å². The molecule has 7 nitrogen and oxygen atoms in total. The van der Waals surface area contributed by atoms with Gasteiger partial charge in [0.2, 0.25) is 0 Å². The minimum absolute atomic E-state index is 0.0363. The van der Waals surface area contributed by atoms with Gasteiger partial charge in [0.25, 0.3) is 0 Å². The van der Waals surface area contributed by atoms with Crippen molar-refractivity contribution < 1.29 is 9.59 Å². The fraction of sp³-hybridized carbons (Fsp3) is 0.312. The highest BCUT2D eigenvalue weighted by atomic mass is 32.1. The lowest BCUT2D eigenvalue weighted by Gasteiger charge is -2.31. The van der Waals surface area contributed by atoms with Crippen LogP contribution in [0.3, 0.4) is 0 Å². The average Bonchev–Trinajstić information content (AvgIpc) is 3.04. The molecule has 1 aromatic heterocycles. The third-order valence-corrected chi connectivity index (χ3v) is 4.89. The molecule has 0 radical (unpaired) electrons. The topological polar surface area (TPSA) is 100 Å². The highest BCUT2D eigenvalue weighted by Crippen LogP contribution is 2.28. The second-order valence-electron chi connectivity index (χ2n) is 5.59. The second-order valence-corrected chi connectivity index (χ2v) is 6.62. The molecule has 1 aliphatic rings. The number of hydrogen-bond acceptors (Lipinski definition) is 4. The monoisotopic (exact) mass is 345 g/mol. The number of carbonyl (C=O) groups is 2. The number of nitrogens with two attached hydrogens (primary N) is 1. The molecule has 0 atom stereocenters. The maximum Gasteiger partial charge on any atom is 0.321 e. The molecule has 0 saturated carbocycles. The fourth-order valence-corrected chi connectivity index (χ4v) is 3.45. The van der Waals surface area contributed by atoms with E-state index in [1.807, 2.05) is 30.3 Å². The maximum absolute atomic E-state index is 12.1. The van der Waals surface area contributed by atoms with E-state index in [2.05, 4.69) is 15.6 Å². The minimum atomic E-state index is -0.408. The summed E-state index contributed by atoms with van der Waals surface area (Å²) in [6, 6.07) is 9.25. The molecule has 126 valence electrons. The fourth-order valence-electron chi connectivity index (χ4n) is 2.63. The number of carbonyl (C=O) groups excluding carboxylic acids is 2. The molecule has 2 heterocycles. The van der Waals surface area contributed by atoms with Crippen LogP contribution in [0.4, 0.5) is 14.7 Å². The lowest BCUT2D eigenvalue weighted by atomic mass is 10.1. The molecule has 4 N–H and O–H groups in total. The number of amides is 4. The summed E-state index contributed by atoms with van der Waals surface area (Å²) < 4.78 is 0. The number of piperidine rings is 1. The number of primary amides is 1. The second kappa shape index (κ2) is 7.31. The molecular formula is C16H19N5O2S. The van der Waals surface area contributed by atoms with Crippen molar-refractivity contribution in [2.75, 3.05) is 18.4 Å². The number of likely N-dealkylation sites (tertiary alicyclic amines) is 1. The van der Waals surface area contributed by atoms with Crippen molar-refractivity contribution in [2.24, 2.45) is 5.73 Å². The first-order valence-electron chi connectivity index (χ1n) is 7.75. The number of rotatable bonds is 3. The van der Waals surface area contributed by atoms with E-state index in [1.54, 1.807) is 11.1 Å². The summed E-state index contributed by atoms with van der Waals surface area (Å²) in [5.41, 5.74) is 6.32. The molecule has 3 rings (SSSR count). The summed E-state index contributed by atoms with van der Waals surface area (Å²) in [6.45, 7) is 1.13. The summed E-state index contributed by atoms with van der Waals surface area (Å²) in [7, 11) is 0. The third-order valence-electron chi connectivity index (χ3n) is 3.93. The van der Waals surface area contributed by atoms with Crippen LogP contribution >= 0.6 is 11.3 Å². The van der Waals surface area contributed by atoms with Gasteiger partial charge in [0.15, 0.2) is 5.13 Å². The van der Waals surface area contributed by atoms with Crippen molar-refractivity contribution in [1.82, 2.24) is 15.2 Å². The zero-order chi connectivity index (χ0) is 16.9. The Morgan fingerprint density at radius 1 is 1.21 bits per heavy atom. The Balaban J connectivity index is 1.51. The van der Waals surface area contributed by atoms with Gasteiger partial charge in [-0.1, -0.05) is 41.7 Å². The Morgan fingerprint density at radius 3 is 2.58 bits per heavy atom. The number of thiazole rings is 1. The molecule has 1 aromatic carbocycles. The average molecular weight is 345 g/mol. The van der Waals surface area contributed by atoms with E-state index >= 15 is 0 Å². The molecule has 0 bridgehead atoms. The van der Waals surface area contributed by atoms with Crippen molar-refractivity contribution in [1.29, 1.82) is 0 Å².